The first-order valence-corrected chi connectivity index (χ1v) is 18.7. The lowest BCUT2D eigenvalue weighted by Gasteiger charge is -2.21. The van der Waals surface area contributed by atoms with E-state index in [1.54, 1.807) is 35.9 Å². The molecule has 0 atom stereocenters. The van der Waals surface area contributed by atoms with Gasteiger partial charge in [-0.25, -0.2) is 9.97 Å². The van der Waals surface area contributed by atoms with Crippen molar-refractivity contribution in [2.75, 3.05) is 0 Å². The molecule has 254 valence electrons. The molecule has 4 aromatic heterocycles. The molecule has 1 aliphatic carbocycles. The summed E-state index contributed by atoms with van der Waals surface area (Å²) in [6.45, 7) is -5.75. The zero-order valence-corrected chi connectivity index (χ0v) is 29.4. The summed E-state index contributed by atoms with van der Waals surface area (Å²) in [4.78, 5) is 9.52. The number of hydrogen-bond acceptors (Lipinski definition) is 4. The Morgan fingerprint density at radius 2 is 1.39 bits per heavy atom. The molecule has 4 nitrogen and oxygen atoms in total. The van der Waals surface area contributed by atoms with Crippen molar-refractivity contribution in [1.82, 2.24) is 14.5 Å². The van der Waals surface area contributed by atoms with Crippen LogP contribution in [0, 0.1) is 0 Å². The summed E-state index contributed by atoms with van der Waals surface area (Å²) in [6, 6.07) is 48.1. The van der Waals surface area contributed by atoms with E-state index in [-0.39, 0.29) is 5.56 Å². The van der Waals surface area contributed by atoms with E-state index >= 15 is 0 Å². The number of thiophene rings is 1. The summed E-state index contributed by atoms with van der Waals surface area (Å²) >= 11 is 1.80. The Bertz CT molecular complexity index is 3600. The third-order valence-corrected chi connectivity index (χ3v) is 12.4. The molecule has 0 spiro atoms. The molecule has 0 fully saturated rings. The van der Waals surface area contributed by atoms with Crippen molar-refractivity contribution in [1.29, 1.82) is 0 Å². The van der Waals surface area contributed by atoms with E-state index in [0.29, 0.717) is 44.6 Å². The minimum absolute atomic E-state index is 0.276. The number of rotatable bonds is 3. The molecule has 0 bridgehead atoms. The van der Waals surface area contributed by atoms with Gasteiger partial charge >= 0.3 is 0 Å². The highest BCUT2D eigenvalue weighted by Crippen LogP contribution is 2.51. The monoisotopic (exact) mass is 715 g/mol. The van der Waals surface area contributed by atoms with Crippen LogP contribution in [0.15, 0.2) is 156 Å². The number of nitrogens with zero attached hydrogens (tertiary/aromatic N) is 3. The Balaban J connectivity index is 1.04. The second kappa shape index (κ2) is 10.8. The Kier molecular flexibility index (Phi) is 4.91. The summed E-state index contributed by atoms with van der Waals surface area (Å²) in [5, 5.41) is 5.13. The quantitative estimate of drug-likeness (QED) is 0.183. The van der Waals surface area contributed by atoms with Crippen LogP contribution in [0.5, 0.6) is 0 Å². The van der Waals surface area contributed by atoms with Gasteiger partial charge in [0.2, 0.25) is 0 Å². The number of furan rings is 1. The molecular weight excluding hydrogens is 679 g/mol. The highest BCUT2D eigenvalue weighted by atomic mass is 32.1. The van der Waals surface area contributed by atoms with Crippen LogP contribution in [0.4, 0.5) is 0 Å². The molecule has 0 saturated heterocycles. The van der Waals surface area contributed by atoms with E-state index < -0.39 is 19.1 Å². The van der Waals surface area contributed by atoms with Crippen molar-refractivity contribution in [3.05, 3.63) is 163 Å². The zero-order valence-electron chi connectivity index (χ0n) is 34.6. The van der Waals surface area contributed by atoms with Gasteiger partial charge in [0, 0.05) is 61.2 Å². The Labute approximate surface area is 323 Å². The second-order valence-electron chi connectivity index (χ2n) is 14.1. The molecular formula is C49H31N3OS. The Morgan fingerprint density at radius 1 is 0.593 bits per heavy atom. The number of aromatic nitrogens is 3. The highest BCUT2D eigenvalue weighted by molar-refractivity contribution is 7.26. The van der Waals surface area contributed by atoms with Crippen molar-refractivity contribution < 1.29 is 12.6 Å². The molecule has 5 heteroatoms. The van der Waals surface area contributed by atoms with E-state index in [1.807, 2.05) is 66.7 Å². The fourth-order valence-electron chi connectivity index (χ4n) is 8.73. The molecule has 12 rings (SSSR count). The molecule has 0 radical (unpaired) electrons. The molecule has 0 saturated carbocycles. The third-order valence-electron chi connectivity index (χ3n) is 11.2. The molecule has 0 N–H and O–H groups in total. The van der Waals surface area contributed by atoms with Gasteiger partial charge < -0.3 is 8.98 Å². The van der Waals surface area contributed by atoms with Gasteiger partial charge in [-0.15, -0.1) is 11.3 Å². The highest BCUT2D eigenvalue weighted by Gasteiger charge is 2.36. The van der Waals surface area contributed by atoms with Crippen LogP contribution >= 0.6 is 11.3 Å². The maximum atomic E-state index is 8.81. The molecule has 54 heavy (non-hydrogen) atoms. The van der Waals surface area contributed by atoms with Crippen LogP contribution in [-0.2, 0) is 5.41 Å². The molecule has 0 aliphatic heterocycles. The van der Waals surface area contributed by atoms with Crippen molar-refractivity contribution in [3.63, 3.8) is 0 Å². The topological polar surface area (TPSA) is 43.9 Å². The first-order valence-electron chi connectivity index (χ1n) is 20.9. The summed E-state index contributed by atoms with van der Waals surface area (Å²) < 4.78 is 64.0. The maximum absolute atomic E-state index is 8.81. The Morgan fingerprint density at radius 3 is 2.33 bits per heavy atom. The fraction of sp³-hybridized carbons (Fsp3) is 0.0612. The molecule has 0 amide bonds. The molecule has 7 aromatic carbocycles. The van der Waals surface area contributed by atoms with E-state index in [2.05, 4.69) is 65.2 Å². The number of fused-ring (bicyclic) bond motifs is 12. The van der Waals surface area contributed by atoms with Gasteiger partial charge in [-0.1, -0.05) is 111 Å². The number of para-hydroxylation sites is 1. The summed E-state index contributed by atoms with van der Waals surface area (Å²) in [7, 11) is 0. The zero-order chi connectivity index (χ0) is 40.7. The lowest BCUT2D eigenvalue weighted by molar-refractivity contribution is 0.661. The summed E-state index contributed by atoms with van der Waals surface area (Å²) in [5.74, 6) is 0. The average molecular weight is 716 g/mol. The molecule has 1 aliphatic rings. The van der Waals surface area contributed by atoms with Crippen molar-refractivity contribution >= 4 is 75.4 Å². The van der Waals surface area contributed by atoms with Gasteiger partial charge in [-0.3, -0.25) is 0 Å². The lowest BCUT2D eigenvalue weighted by atomic mass is 9.82. The second-order valence-corrected chi connectivity index (χ2v) is 15.2. The summed E-state index contributed by atoms with van der Waals surface area (Å²) in [5.41, 5.74) is 7.69. The maximum Gasteiger partial charge on any atom is 0.180 e. The first kappa shape index (κ1) is 24.6. The fourth-order valence-corrected chi connectivity index (χ4v) is 9.97. The van der Waals surface area contributed by atoms with Gasteiger partial charge in [0.15, 0.2) is 5.58 Å². The van der Waals surface area contributed by atoms with Crippen LogP contribution in [0.3, 0.4) is 0 Å². The average Bonchev–Trinajstić information content (AvgIpc) is 3.99. The van der Waals surface area contributed by atoms with Crippen LogP contribution in [-0.4, -0.2) is 14.5 Å². The van der Waals surface area contributed by atoms with Crippen molar-refractivity contribution in [2.24, 2.45) is 0 Å². The molecule has 4 heterocycles. The van der Waals surface area contributed by atoms with Gasteiger partial charge in [0.25, 0.3) is 0 Å². The first-order chi connectivity index (χ1) is 29.0. The van der Waals surface area contributed by atoms with Crippen LogP contribution < -0.4 is 0 Å². The minimum Gasteiger partial charge on any atom is -0.452 e. The van der Waals surface area contributed by atoms with Crippen molar-refractivity contribution in [3.8, 4) is 39.2 Å². The lowest BCUT2D eigenvalue weighted by Crippen LogP contribution is -2.14. The SMILES string of the molecule is [2H]C([2H])([2H])C1(C([2H])([2H])[2H])c2ccccc2-c2cc3c4ccccc4n(-c4ccc5oc6c(-c7cccc(-c8cccc9c8sc8ccccc89)c7)ncnc6c5c4)c3cc21. The van der Waals surface area contributed by atoms with Crippen LogP contribution in [0.1, 0.15) is 33.1 Å². The Hall–Kier alpha value is -6.56. The van der Waals surface area contributed by atoms with Crippen LogP contribution in [0.25, 0.3) is 103 Å². The van der Waals surface area contributed by atoms with E-state index in [4.69, 9.17) is 22.6 Å². The largest absolute Gasteiger partial charge is 0.452 e. The predicted octanol–water partition coefficient (Wildman–Crippen LogP) is 13.5. The van der Waals surface area contributed by atoms with Gasteiger partial charge in [-0.2, -0.15) is 0 Å². The standard InChI is InChI=1S/C49H31N3OS/c1-49(2)39-18-6-3-13-32(39)36-25-37-33-14-4-7-19-41(33)52(42(37)26-40(36)49)30-21-22-43-38(24-30)46-47(53-43)45(50-27-51-46)29-12-9-11-28(23-29)31-16-10-17-35-34-15-5-8-20-44(34)54-48(31)35/h3-27H,1-2H3/i1D3,2D3. The molecule has 11 aromatic rings. The van der Waals surface area contributed by atoms with Gasteiger partial charge in [0.05, 0.1) is 11.0 Å². The minimum atomic E-state index is -2.87. The van der Waals surface area contributed by atoms with E-state index in [9.17, 15) is 0 Å². The van der Waals surface area contributed by atoms with Gasteiger partial charge in [-0.05, 0) is 81.9 Å². The van der Waals surface area contributed by atoms with Crippen molar-refractivity contribution in [2.45, 2.75) is 19.1 Å². The molecule has 0 unspecified atom stereocenters. The number of hydrogen-bond donors (Lipinski definition) is 0. The summed E-state index contributed by atoms with van der Waals surface area (Å²) in [6.07, 6.45) is 1.57. The number of benzene rings is 7. The van der Waals surface area contributed by atoms with Gasteiger partial charge in [0.1, 0.15) is 23.1 Å². The van der Waals surface area contributed by atoms with Crippen LogP contribution in [0.2, 0.25) is 0 Å². The predicted molar refractivity (Wildman–Crippen MR) is 225 cm³/mol. The third kappa shape index (κ3) is 4.02. The van der Waals surface area contributed by atoms with E-state index in [0.717, 1.165) is 44.1 Å². The normalized spacial score (nSPS) is 15.6. The van der Waals surface area contributed by atoms with E-state index in [1.165, 1.54) is 20.2 Å². The smallest absolute Gasteiger partial charge is 0.180 e.